The minimum absolute atomic E-state index is 0.673. The summed E-state index contributed by atoms with van der Waals surface area (Å²) in [4.78, 5) is 0. The van der Waals surface area contributed by atoms with Crippen LogP contribution in [0.4, 0.5) is 0 Å². The quantitative estimate of drug-likeness (QED) is 0.477. The first-order valence-corrected chi connectivity index (χ1v) is 7.21. The van der Waals surface area contributed by atoms with Crippen LogP contribution in [-0.2, 0) is 18.1 Å². The Morgan fingerprint density at radius 3 is 2.38 bits per heavy atom. The van der Waals surface area contributed by atoms with E-state index in [0.29, 0.717) is 0 Å². The normalized spacial score (nSPS) is 9.38. The molecule has 0 unspecified atom stereocenters. The SMILES string of the molecule is CCCC[NH][Ti]([CH3])[CH3]. The van der Waals surface area contributed by atoms with Crippen LogP contribution in [0.15, 0.2) is 0 Å². The molecular formula is C6H16NTi. The van der Waals surface area contributed by atoms with Gasteiger partial charge < -0.3 is 0 Å². The van der Waals surface area contributed by atoms with Crippen molar-refractivity contribution in [3.05, 3.63) is 0 Å². The van der Waals surface area contributed by atoms with Crippen molar-refractivity contribution < 1.29 is 18.1 Å². The summed E-state index contributed by atoms with van der Waals surface area (Å²) in [6.07, 6.45) is 2.66. The van der Waals surface area contributed by atoms with Crippen LogP contribution >= 0.6 is 0 Å². The summed E-state index contributed by atoms with van der Waals surface area (Å²) < 4.78 is 3.51. The molecule has 0 aromatic carbocycles. The first-order valence-electron chi connectivity index (χ1n) is 3.31. The predicted molar refractivity (Wildman–Crippen MR) is 34.6 cm³/mol. The standard InChI is InChI=1S/C4H10N.2CH3.Ti/c1-2-3-4-5;;;/h5H,2-4H2,1H3;2*1H3;/q-1;;;+1. The monoisotopic (exact) mass is 150 g/mol. The van der Waals surface area contributed by atoms with E-state index in [4.69, 9.17) is 0 Å². The van der Waals surface area contributed by atoms with Gasteiger partial charge in [-0.1, -0.05) is 0 Å². The van der Waals surface area contributed by atoms with Gasteiger partial charge >= 0.3 is 58.7 Å². The van der Waals surface area contributed by atoms with Crippen LogP contribution in [0, 0.1) is 0 Å². The molecular weight excluding hydrogens is 134 g/mol. The van der Waals surface area contributed by atoms with Gasteiger partial charge in [-0.05, 0) is 0 Å². The first kappa shape index (κ1) is 8.67. The molecule has 0 amide bonds. The molecule has 0 saturated carbocycles. The molecule has 0 bridgehead atoms. The third-order valence-corrected chi connectivity index (χ3v) is 2.50. The summed E-state index contributed by atoms with van der Waals surface area (Å²) in [7, 11) is 0. The Morgan fingerprint density at radius 2 is 2.00 bits per heavy atom. The number of nitrogens with one attached hydrogen (secondary N) is 1. The summed E-state index contributed by atoms with van der Waals surface area (Å²) in [5.74, 6) is 0. The Labute approximate surface area is 59.0 Å². The van der Waals surface area contributed by atoms with Gasteiger partial charge in [0.05, 0.1) is 0 Å². The van der Waals surface area contributed by atoms with E-state index in [1.165, 1.54) is 19.4 Å². The van der Waals surface area contributed by atoms with Crippen LogP contribution in [0.1, 0.15) is 19.8 Å². The van der Waals surface area contributed by atoms with Crippen molar-refractivity contribution in [1.29, 1.82) is 0 Å². The molecule has 0 aliphatic rings. The van der Waals surface area contributed by atoms with E-state index in [1.54, 1.807) is 0 Å². The van der Waals surface area contributed by atoms with E-state index in [2.05, 4.69) is 21.2 Å². The van der Waals surface area contributed by atoms with Crippen LogP contribution in [-0.4, -0.2) is 6.54 Å². The molecule has 0 aliphatic carbocycles. The van der Waals surface area contributed by atoms with Gasteiger partial charge in [0.15, 0.2) is 0 Å². The van der Waals surface area contributed by atoms with E-state index in [9.17, 15) is 0 Å². The molecule has 0 spiro atoms. The average molecular weight is 150 g/mol. The summed E-state index contributed by atoms with van der Waals surface area (Å²) in [6.45, 7) is 3.48. The third kappa shape index (κ3) is 6.67. The van der Waals surface area contributed by atoms with Gasteiger partial charge in [-0.15, -0.1) is 0 Å². The van der Waals surface area contributed by atoms with Gasteiger partial charge in [0.1, 0.15) is 0 Å². The van der Waals surface area contributed by atoms with Gasteiger partial charge in [0.25, 0.3) is 0 Å². The molecule has 0 atom stereocenters. The maximum absolute atomic E-state index is 3.51. The Morgan fingerprint density at radius 1 is 1.38 bits per heavy atom. The van der Waals surface area contributed by atoms with Crippen LogP contribution in [0.25, 0.3) is 0 Å². The number of hydrogen-bond donors (Lipinski definition) is 1. The summed E-state index contributed by atoms with van der Waals surface area (Å²) >= 11 is -0.673. The van der Waals surface area contributed by atoms with Gasteiger partial charge in [0, 0.05) is 0 Å². The van der Waals surface area contributed by atoms with E-state index >= 15 is 0 Å². The van der Waals surface area contributed by atoms with Gasteiger partial charge in [-0.3, -0.25) is 0 Å². The van der Waals surface area contributed by atoms with Gasteiger partial charge in [0.2, 0.25) is 0 Å². The fourth-order valence-corrected chi connectivity index (χ4v) is 1.57. The number of rotatable bonds is 4. The second-order valence-electron chi connectivity index (χ2n) is 2.28. The Hall–Kier alpha value is 0.674. The second-order valence-corrected chi connectivity index (χ2v) is 5.96. The van der Waals surface area contributed by atoms with Crippen molar-refractivity contribution in [2.24, 2.45) is 0 Å². The van der Waals surface area contributed by atoms with Crippen molar-refractivity contribution in [1.82, 2.24) is 3.80 Å². The predicted octanol–water partition coefficient (Wildman–Crippen LogP) is 2.01. The van der Waals surface area contributed by atoms with Crippen molar-refractivity contribution in [3.63, 3.8) is 0 Å². The fraction of sp³-hybridized carbons (Fsp3) is 1.00. The molecule has 0 saturated heterocycles. The average Bonchev–Trinajstić information content (AvgIpc) is 1.66. The Bertz CT molecular complexity index is 45.8. The fourth-order valence-electron chi connectivity index (χ4n) is 0.515. The zero-order chi connectivity index (χ0) is 6.41. The molecule has 8 heavy (non-hydrogen) atoms. The zero-order valence-electron chi connectivity index (χ0n) is 6.12. The zero-order valence-corrected chi connectivity index (χ0v) is 7.68. The molecule has 0 heterocycles. The molecule has 0 radical (unpaired) electrons. The van der Waals surface area contributed by atoms with E-state index < -0.39 is 18.1 Å². The van der Waals surface area contributed by atoms with Crippen molar-refractivity contribution in [2.45, 2.75) is 30.2 Å². The topological polar surface area (TPSA) is 12.0 Å². The minimum atomic E-state index is -0.673. The van der Waals surface area contributed by atoms with Crippen LogP contribution < -0.4 is 3.80 Å². The van der Waals surface area contributed by atoms with Crippen LogP contribution in [0.3, 0.4) is 0 Å². The van der Waals surface area contributed by atoms with E-state index in [-0.39, 0.29) is 0 Å². The van der Waals surface area contributed by atoms with Crippen LogP contribution in [0.5, 0.6) is 0 Å². The molecule has 1 nitrogen and oxygen atoms in total. The van der Waals surface area contributed by atoms with Gasteiger partial charge in [-0.25, -0.2) is 0 Å². The van der Waals surface area contributed by atoms with E-state index in [0.717, 1.165) is 0 Å². The van der Waals surface area contributed by atoms with Crippen molar-refractivity contribution in [2.75, 3.05) is 6.54 Å². The molecule has 0 aromatic rings. The molecule has 0 rings (SSSR count). The Kier molecular flexibility index (Phi) is 6.29. The molecule has 49 valence electrons. The summed E-state index contributed by atoms with van der Waals surface area (Å²) in [6, 6.07) is 0. The first-order chi connectivity index (χ1) is 3.77. The van der Waals surface area contributed by atoms with Crippen LogP contribution in [0.2, 0.25) is 10.5 Å². The molecule has 2 heteroatoms. The number of unbranched alkanes of at least 4 members (excludes halogenated alkanes) is 1. The Balaban J connectivity index is 2.72. The molecule has 0 fully saturated rings. The number of hydrogen-bond acceptors (Lipinski definition) is 1. The van der Waals surface area contributed by atoms with E-state index in [1.807, 2.05) is 0 Å². The molecule has 0 aromatic heterocycles. The van der Waals surface area contributed by atoms with Crippen molar-refractivity contribution >= 4 is 0 Å². The van der Waals surface area contributed by atoms with Gasteiger partial charge in [-0.2, -0.15) is 0 Å². The second kappa shape index (κ2) is 5.80. The van der Waals surface area contributed by atoms with Crippen molar-refractivity contribution in [3.8, 4) is 0 Å². The summed E-state index contributed by atoms with van der Waals surface area (Å²) in [5, 5.41) is 4.69. The maximum atomic E-state index is 3.51. The third-order valence-electron chi connectivity index (χ3n) is 1.01. The summed E-state index contributed by atoms with van der Waals surface area (Å²) in [5.41, 5.74) is 0. The molecule has 1 N–H and O–H groups in total. The molecule has 0 aliphatic heterocycles.